The Balaban J connectivity index is 1.81. The molecule has 1 fully saturated rings. The van der Waals surface area contributed by atoms with Crippen LogP contribution in [0.3, 0.4) is 0 Å². The van der Waals surface area contributed by atoms with Crippen LogP contribution >= 0.6 is 0 Å². The molecule has 9 nitrogen and oxygen atoms in total. The average molecular weight is 360 g/mol. The molecule has 0 radical (unpaired) electrons. The third-order valence-electron chi connectivity index (χ3n) is 4.51. The molecule has 140 valence electrons. The van der Waals surface area contributed by atoms with Gasteiger partial charge in [-0.15, -0.1) is 0 Å². The zero-order chi connectivity index (χ0) is 18.7. The number of nitrogens with one attached hydrogen (secondary N) is 1. The molecule has 2 aromatic heterocycles. The average Bonchev–Trinajstić information content (AvgIpc) is 3.27. The molecule has 0 bridgehead atoms. The highest BCUT2D eigenvalue weighted by Gasteiger charge is 2.27. The predicted molar refractivity (Wildman–Crippen MR) is 94.9 cm³/mol. The highest BCUT2D eigenvalue weighted by Crippen LogP contribution is 2.20. The summed E-state index contributed by atoms with van der Waals surface area (Å²) in [5, 5.41) is 11.3. The second-order valence-corrected chi connectivity index (χ2v) is 6.21. The molecule has 0 aliphatic carbocycles. The lowest BCUT2D eigenvalue weighted by molar-refractivity contribution is -0.119. The van der Waals surface area contributed by atoms with Crippen molar-refractivity contribution in [1.82, 2.24) is 24.5 Å². The summed E-state index contributed by atoms with van der Waals surface area (Å²) >= 11 is 0. The first-order chi connectivity index (χ1) is 12.5. The molecule has 2 amide bonds. The maximum absolute atomic E-state index is 12.9. The molecule has 9 heteroatoms. The van der Waals surface area contributed by atoms with Gasteiger partial charge in [-0.25, -0.2) is 0 Å². The molecule has 1 unspecified atom stereocenters. The minimum Gasteiger partial charge on any atom is -0.378 e. The zero-order valence-corrected chi connectivity index (χ0v) is 15.3. The Bertz CT molecular complexity index is 790. The van der Waals surface area contributed by atoms with Crippen molar-refractivity contribution in [3.05, 3.63) is 29.8 Å². The molecular formula is C17H24N6O3. The molecule has 0 spiro atoms. The standard InChI is InChI=1S/C17H24N6O3/c1-4-22-15(17(25)21-7-9-26-10-8-21)14(11-19-22)20-16(24)13(3)23-12(2)5-6-18-23/h5-6,11,13H,4,7-10H2,1-3H3,(H,20,24). The van der Waals surface area contributed by atoms with Crippen molar-refractivity contribution >= 4 is 17.5 Å². The number of hydrogen-bond acceptors (Lipinski definition) is 5. The zero-order valence-electron chi connectivity index (χ0n) is 15.3. The molecular weight excluding hydrogens is 336 g/mol. The van der Waals surface area contributed by atoms with E-state index in [0.29, 0.717) is 44.2 Å². The fourth-order valence-corrected chi connectivity index (χ4v) is 2.99. The van der Waals surface area contributed by atoms with Crippen LogP contribution in [0.15, 0.2) is 18.5 Å². The largest absolute Gasteiger partial charge is 0.378 e. The van der Waals surface area contributed by atoms with E-state index >= 15 is 0 Å². The van der Waals surface area contributed by atoms with Crippen molar-refractivity contribution in [1.29, 1.82) is 0 Å². The summed E-state index contributed by atoms with van der Waals surface area (Å²) in [6, 6.07) is 1.34. The van der Waals surface area contributed by atoms with Gasteiger partial charge in [-0.05, 0) is 26.8 Å². The fraction of sp³-hybridized carbons (Fsp3) is 0.529. The number of aromatic nitrogens is 4. The van der Waals surface area contributed by atoms with Gasteiger partial charge >= 0.3 is 0 Å². The van der Waals surface area contributed by atoms with Crippen LogP contribution in [-0.4, -0.2) is 62.6 Å². The van der Waals surface area contributed by atoms with Gasteiger partial charge in [0.1, 0.15) is 11.7 Å². The van der Waals surface area contributed by atoms with Crippen molar-refractivity contribution in [2.45, 2.75) is 33.4 Å². The maximum Gasteiger partial charge on any atom is 0.274 e. The van der Waals surface area contributed by atoms with E-state index in [1.54, 1.807) is 27.4 Å². The molecule has 0 aromatic carbocycles. The third-order valence-corrected chi connectivity index (χ3v) is 4.51. The van der Waals surface area contributed by atoms with Gasteiger partial charge in [0, 0.05) is 31.5 Å². The van der Waals surface area contributed by atoms with Crippen LogP contribution in [-0.2, 0) is 16.1 Å². The van der Waals surface area contributed by atoms with Crippen LogP contribution < -0.4 is 5.32 Å². The Morgan fingerprint density at radius 3 is 2.65 bits per heavy atom. The van der Waals surface area contributed by atoms with Crippen LogP contribution in [0, 0.1) is 6.92 Å². The summed E-state index contributed by atoms with van der Waals surface area (Å²) in [5.41, 5.74) is 1.71. The first kappa shape index (κ1) is 18.1. The van der Waals surface area contributed by atoms with E-state index in [2.05, 4.69) is 15.5 Å². The van der Waals surface area contributed by atoms with E-state index < -0.39 is 6.04 Å². The van der Waals surface area contributed by atoms with Crippen molar-refractivity contribution in [3.63, 3.8) is 0 Å². The Labute approximate surface area is 151 Å². The summed E-state index contributed by atoms with van der Waals surface area (Å²) in [6.45, 7) is 8.20. The summed E-state index contributed by atoms with van der Waals surface area (Å²) in [5.74, 6) is -0.394. The molecule has 0 saturated carbocycles. The van der Waals surface area contributed by atoms with E-state index in [1.165, 1.54) is 6.20 Å². The van der Waals surface area contributed by atoms with Gasteiger partial charge in [0.2, 0.25) is 5.91 Å². The number of aryl methyl sites for hydroxylation is 2. The number of rotatable bonds is 5. The number of hydrogen-bond donors (Lipinski definition) is 1. The van der Waals surface area contributed by atoms with Gasteiger partial charge in [0.25, 0.3) is 5.91 Å². The normalized spacial score (nSPS) is 15.7. The molecule has 1 N–H and O–H groups in total. The van der Waals surface area contributed by atoms with E-state index in [1.807, 2.05) is 19.9 Å². The molecule has 2 aromatic rings. The number of anilines is 1. The van der Waals surface area contributed by atoms with Crippen molar-refractivity contribution < 1.29 is 14.3 Å². The molecule has 1 atom stereocenters. The second kappa shape index (κ2) is 7.69. The quantitative estimate of drug-likeness (QED) is 0.861. The summed E-state index contributed by atoms with van der Waals surface area (Å²) in [7, 11) is 0. The van der Waals surface area contributed by atoms with Gasteiger partial charge in [0.15, 0.2) is 0 Å². The number of morpholine rings is 1. The Morgan fingerprint density at radius 2 is 2.04 bits per heavy atom. The number of ether oxygens (including phenoxy) is 1. The van der Waals surface area contributed by atoms with Crippen LogP contribution in [0.5, 0.6) is 0 Å². The monoisotopic (exact) mass is 360 g/mol. The SMILES string of the molecule is CCn1ncc(NC(=O)C(C)n2nccc2C)c1C(=O)N1CCOCC1. The molecule has 1 aliphatic heterocycles. The van der Waals surface area contributed by atoms with E-state index in [9.17, 15) is 9.59 Å². The minimum atomic E-state index is -0.499. The minimum absolute atomic E-state index is 0.147. The lowest BCUT2D eigenvalue weighted by Gasteiger charge is -2.27. The smallest absolute Gasteiger partial charge is 0.274 e. The molecule has 3 rings (SSSR count). The van der Waals surface area contributed by atoms with Gasteiger partial charge in [-0.2, -0.15) is 10.2 Å². The molecule has 3 heterocycles. The van der Waals surface area contributed by atoms with Crippen molar-refractivity contribution in [2.75, 3.05) is 31.6 Å². The van der Waals surface area contributed by atoms with Gasteiger partial charge < -0.3 is 15.0 Å². The highest BCUT2D eigenvalue weighted by molar-refractivity contribution is 6.03. The molecule has 1 saturated heterocycles. The highest BCUT2D eigenvalue weighted by atomic mass is 16.5. The van der Waals surface area contributed by atoms with E-state index in [-0.39, 0.29) is 11.8 Å². The van der Waals surface area contributed by atoms with Crippen LogP contribution in [0.2, 0.25) is 0 Å². The predicted octanol–water partition coefficient (Wildman–Crippen LogP) is 1.08. The van der Waals surface area contributed by atoms with Gasteiger partial charge in [-0.3, -0.25) is 19.0 Å². The summed E-state index contributed by atoms with van der Waals surface area (Å²) < 4.78 is 8.56. The summed E-state index contributed by atoms with van der Waals surface area (Å²) in [6.07, 6.45) is 3.18. The molecule has 1 aliphatic rings. The summed E-state index contributed by atoms with van der Waals surface area (Å²) in [4.78, 5) is 27.3. The topological polar surface area (TPSA) is 94.3 Å². The fourth-order valence-electron chi connectivity index (χ4n) is 2.99. The van der Waals surface area contributed by atoms with Gasteiger partial charge in [0.05, 0.1) is 25.1 Å². The Hall–Kier alpha value is -2.68. The number of carbonyl (C=O) groups is 2. The number of nitrogens with zero attached hydrogens (tertiary/aromatic N) is 5. The Kier molecular flexibility index (Phi) is 5.36. The Morgan fingerprint density at radius 1 is 1.31 bits per heavy atom. The lowest BCUT2D eigenvalue weighted by Crippen LogP contribution is -2.42. The van der Waals surface area contributed by atoms with Crippen LogP contribution in [0.25, 0.3) is 0 Å². The van der Waals surface area contributed by atoms with Gasteiger partial charge in [-0.1, -0.05) is 0 Å². The maximum atomic E-state index is 12.9. The van der Waals surface area contributed by atoms with Crippen molar-refractivity contribution in [3.8, 4) is 0 Å². The van der Waals surface area contributed by atoms with Crippen LogP contribution in [0.4, 0.5) is 5.69 Å². The van der Waals surface area contributed by atoms with Crippen molar-refractivity contribution in [2.24, 2.45) is 0 Å². The third kappa shape index (κ3) is 3.48. The van der Waals surface area contributed by atoms with E-state index in [4.69, 9.17) is 4.74 Å². The number of amides is 2. The second-order valence-electron chi connectivity index (χ2n) is 6.21. The van der Waals surface area contributed by atoms with E-state index in [0.717, 1.165) is 5.69 Å². The first-order valence-electron chi connectivity index (χ1n) is 8.76. The van der Waals surface area contributed by atoms with Crippen LogP contribution in [0.1, 0.15) is 36.1 Å². The molecule has 26 heavy (non-hydrogen) atoms. The lowest BCUT2D eigenvalue weighted by atomic mass is 10.2. The first-order valence-corrected chi connectivity index (χ1v) is 8.76. The number of carbonyl (C=O) groups excluding carboxylic acids is 2.